The number of ether oxygens (including phenoxy) is 1. The van der Waals surface area contributed by atoms with Crippen molar-refractivity contribution in [2.45, 2.75) is 13.8 Å². The highest BCUT2D eigenvalue weighted by Gasteiger charge is 2.16. The van der Waals surface area contributed by atoms with E-state index in [1.54, 1.807) is 45.3 Å². The topological polar surface area (TPSA) is 95.9 Å². The Bertz CT molecular complexity index is 890. The molecule has 0 aliphatic heterocycles. The van der Waals surface area contributed by atoms with E-state index in [0.717, 1.165) is 0 Å². The van der Waals surface area contributed by atoms with E-state index >= 15 is 0 Å². The Labute approximate surface area is 157 Å². The number of nitrogens with one attached hydrogen (secondary N) is 1. The molecular formula is C20H22N2O5. The molecule has 2 aromatic rings. The molecule has 0 aliphatic carbocycles. The molecule has 0 aliphatic rings. The lowest BCUT2D eigenvalue weighted by atomic mass is 10.1. The number of amides is 2. The van der Waals surface area contributed by atoms with Crippen molar-refractivity contribution in [3.63, 3.8) is 0 Å². The van der Waals surface area contributed by atoms with Crippen LogP contribution < -0.4 is 10.1 Å². The predicted molar refractivity (Wildman–Crippen MR) is 102 cm³/mol. The fourth-order valence-corrected chi connectivity index (χ4v) is 2.53. The van der Waals surface area contributed by atoms with E-state index in [1.165, 1.54) is 17.0 Å². The third-order valence-electron chi connectivity index (χ3n) is 3.77. The van der Waals surface area contributed by atoms with E-state index in [0.29, 0.717) is 29.2 Å². The van der Waals surface area contributed by atoms with E-state index in [-0.39, 0.29) is 17.0 Å². The van der Waals surface area contributed by atoms with Gasteiger partial charge in [0.15, 0.2) is 0 Å². The molecule has 0 atom stereocenters. The van der Waals surface area contributed by atoms with Crippen molar-refractivity contribution in [2.75, 3.05) is 26.0 Å². The molecule has 2 N–H and O–H groups in total. The van der Waals surface area contributed by atoms with Crippen LogP contribution in [0, 0.1) is 6.92 Å². The van der Waals surface area contributed by atoms with Crippen molar-refractivity contribution < 1.29 is 24.2 Å². The second-order valence-electron chi connectivity index (χ2n) is 6.19. The van der Waals surface area contributed by atoms with Gasteiger partial charge in [-0.15, -0.1) is 0 Å². The van der Waals surface area contributed by atoms with Crippen molar-refractivity contribution in [2.24, 2.45) is 0 Å². The molecule has 142 valence electrons. The van der Waals surface area contributed by atoms with E-state index in [2.05, 4.69) is 5.32 Å². The highest BCUT2D eigenvalue weighted by atomic mass is 16.5. The van der Waals surface area contributed by atoms with Crippen LogP contribution in [-0.4, -0.2) is 48.5 Å². The summed E-state index contributed by atoms with van der Waals surface area (Å²) in [6.07, 6.45) is 0. The molecule has 0 spiro atoms. The van der Waals surface area contributed by atoms with E-state index in [9.17, 15) is 19.5 Å². The van der Waals surface area contributed by atoms with Crippen LogP contribution in [0.2, 0.25) is 0 Å². The van der Waals surface area contributed by atoms with Crippen LogP contribution in [0.5, 0.6) is 5.75 Å². The molecule has 0 unspecified atom stereocenters. The second kappa shape index (κ2) is 8.35. The monoisotopic (exact) mass is 370 g/mol. The number of anilines is 1. The number of carboxylic acids is 1. The van der Waals surface area contributed by atoms with Gasteiger partial charge in [-0.1, -0.05) is 0 Å². The molecule has 7 nitrogen and oxygen atoms in total. The Morgan fingerprint density at radius 1 is 1.04 bits per heavy atom. The standard InChI is InChI=1S/C20H22N2O5/c1-5-27-17-7-6-13(19(24)22(3)4)11-16(17)21-18(23)14-8-12(2)9-15(10-14)20(25)26/h6-11H,5H2,1-4H3,(H,21,23)(H,25,26). The fourth-order valence-electron chi connectivity index (χ4n) is 2.53. The number of hydrogen-bond donors (Lipinski definition) is 2. The van der Waals surface area contributed by atoms with Gasteiger partial charge in [-0.05, 0) is 55.8 Å². The lowest BCUT2D eigenvalue weighted by molar-refractivity contribution is 0.0696. The Morgan fingerprint density at radius 2 is 1.70 bits per heavy atom. The number of aromatic carboxylic acids is 1. The summed E-state index contributed by atoms with van der Waals surface area (Å²) in [5.74, 6) is -1.39. The molecule has 0 bridgehead atoms. The second-order valence-corrected chi connectivity index (χ2v) is 6.19. The molecule has 0 radical (unpaired) electrons. The SMILES string of the molecule is CCOc1ccc(C(=O)N(C)C)cc1NC(=O)c1cc(C)cc(C(=O)O)c1. The third-order valence-corrected chi connectivity index (χ3v) is 3.77. The zero-order valence-electron chi connectivity index (χ0n) is 15.7. The van der Waals surface area contributed by atoms with Gasteiger partial charge in [0.1, 0.15) is 5.75 Å². The van der Waals surface area contributed by atoms with Gasteiger partial charge in [0.25, 0.3) is 11.8 Å². The van der Waals surface area contributed by atoms with Crippen LogP contribution in [0.1, 0.15) is 43.6 Å². The van der Waals surface area contributed by atoms with Crippen LogP contribution >= 0.6 is 0 Å². The van der Waals surface area contributed by atoms with Gasteiger partial charge >= 0.3 is 5.97 Å². The molecule has 0 aromatic heterocycles. The minimum absolute atomic E-state index is 0.0294. The van der Waals surface area contributed by atoms with Crippen LogP contribution in [0.15, 0.2) is 36.4 Å². The first-order valence-electron chi connectivity index (χ1n) is 8.37. The van der Waals surface area contributed by atoms with E-state index in [4.69, 9.17) is 4.74 Å². The summed E-state index contributed by atoms with van der Waals surface area (Å²) < 4.78 is 5.52. The Kier molecular flexibility index (Phi) is 6.18. The Morgan fingerprint density at radius 3 is 2.30 bits per heavy atom. The predicted octanol–water partition coefficient (Wildman–Crippen LogP) is 3.05. The van der Waals surface area contributed by atoms with Crippen molar-refractivity contribution >= 4 is 23.5 Å². The van der Waals surface area contributed by atoms with Crippen molar-refractivity contribution in [1.82, 2.24) is 4.90 Å². The molecule has 27 heavy (non-hydrogen) atoms. The quantitative estimate of drug-likeness (QED) is 0.815. The smallest absolute Gasteiger partial charge is 0.335 e. The number of rotatable bonds is 6. The molecule has 2 aromatic carbocycles. The summed E-state index contributed by atoms with van der Waals surface area (Å²) >= 11 is 0. The van der Waals surface area contributed by atoms with Gasteiger partial charge in [0, 0.05) is 25.2 Å². The van der Waals surface area contributed by atoms with Gasteiger partial charge in [0.05, 0.1) is 17.9 Å². The van der Waals surface area contributed by atoms with Crippen molar-refractivity contribution in [3.05, 3.63) is 58.7 Å². The highest BCUT2D eigenvalue weighted by Crippen LogP contribution is 2.27. The zero-order valence-corrected chi connectivity index (χ0v) is 15.7. The van der Waals surface area contributed by atoms with Crippen molar-refractivity contribution in [1.29, 1.82) is 0 Å². The maximum Gasteiger partial charge on any atom is 0.335 e. The van der Waals surface area contributed by atoms with Crippen LogP contribution in [0.4, 0.5) is 5.69 Å². The van der Waals surface area contributed by atoms with Gasteiger partial charge in [-0.25, -0.2) is 4.79 Å². The molecule has 0 saturated heterocycles. The number of nitrogens with zero attached hydrogens (tertiary/aromatic N) is 1. The number of aryl methyl sites for hydroxylation is 1. The maximum atomic E-state index is 12.7. The largest absolute Gasteiger partial charge is 0.492 e. The molecule has 0 fully saturated rings. The molecule has 0 saturated carbocycles. The minimum Gasteiger partial charge on any atom is -0.492 e. The summed E-state index contributed by atoms with van der Waals surface area (Å²) in [4.78, 5) is 37.5. The number of carbonyl (C=O) groups excluding carboxylic acids is 2. The Balaban J connectivity index is 2.39. The lowest BCUT2D eigenvalue weighted by Gasteiger charge is -2.15. The zero-order chi connectivity index (χ0) is 20.1. The first kappa shape index (κ1) is 20.0. The highest BCUT2D eigenvalue weighted by molar-refractivity contribution is 6.07. The van der Waals surface area contributed by atoms with E-state index in [1.807, 2.05) is 6.92 Å². The summed E-state index contributed by atoms with van der Waals surface area (Å²) in [5, 5.41) is 11.9. The number of benzene rings is 2. The van der Waals surface area contributed by atoms with Gasteiger partial charge in [-0.2, -0.15) is 0 Å². The lowest BCUT2D eigenvalue weighted by Crippen LogP contribution is -2.22. The third kappa shape index (κ3) is 4.84. The minimum atomic E-state index is -1.11. The number of carbonyl (C=O) groups is 3. The van der Waals surface area contributed by atoms with Crippen LogP contribution in [0.25, 0.3) is 0 Å². The Hall–Kier alpha value is -3.35. The number of hydrogen-bond acceptors (Lipinski definition) is 4. The van der Waals surface area contributed by atoms with Crippen LogP contribution in [0.3, 0.4) is 0 Å². The first-order valence-corrected chi connectivity index (χ1v) is 8.37. The van der Waals surface area contributed by atoms with E-state index < -0.39 is 11.9 Å². The van der Waals surface area contributed by atoms with Gasteiger partial charge in [-0.3, -0.25) is 9.59 Å². The maximum absolute atomic E-state index is 12.7. The van der Waals surface area contributed by atoms with Gasteiger partial charge < -0.3 is 20.1 Å². The fraction of sp³-hybridized carbons (Fsp3) is 0.250. The average Bonchev–Trinajstić information content (AvgIpc) is 2.61. The van der Waals surface area contributed by atoms with Crippen LogP contribution in [-0.2, 0) is 0 Å². The summed E-state index contributed by atoms with van der Waals surface area (Å²) in [6, 6.07) is 9.17. The first-order chi connectivity index (χ1) is 12.7. The summed E-state index contributed by atoms with van der Waals surface area (Å²) in [5.41, 5.74) is 1.63. The number of carboxylic acid groups (broad SMARTS) is 1. The molecule has 2 amide bonds. The summed E-state index contributed by atoms with van der Waals surface area (Å²) in [7, 11) is 3.27. The van der Waals surface area contributed by atoms with Gasteiger partial charge in [0.2, 0.25) is 0 Å². The molecule has 7 heteroatoms. The normalized spacial score (nSPS) is 10.2. The van der Waals surface area contributed by atoms with Crippen molar-refractivity contribution in [3.8, 4) is 5.75 Å². The molecular weight excluding hydrogens is 348 g/mol. The molecule has 0 heterocycles. The average molecular weight is 370 g/mol. The summed E-state index contributed by atoms with van der Waals surface area (Å²) in [6.45, 7) is 3.91. The molecule has 2 rings (SSSR count).